The number of carbonyl (C=O) groups is 1. The molecule has 0 unspecified atom stereocenters. The lowest BCUT2D eigenvalue weighted by molar-refractivity contribution is -0.118. The highest BCUT2D eigenvalue weighted by molar-refractivity contribution is 5.91. The van der Waals surface area contributed by atoms with Crippen LogP contribution in [0.1, 0.15) is 5.56 Å². The molecular formula is C22H21NO4. The van der Waals surface area contributed by atoms with E-state index in [1.165, 1.54) is 0 Å². The van der Waals surface area contributed by atoms with Gasteiger partial charge in [-0.05, 0) is 42.0 Å². The van der Waals surface area contributed by atoms with E-state index in [2.05, 4.69) is 5.32 Å². The van der Waals surface area contributed by atoms with Crippen LogP contribution in [0.5, 0.6) is 17.2 Å². The van der Waals surface area contributed by atoms with Gasteiger partial charge in [-0.25, -0.2) is 0 Å². The topological polar surface area (TPSA) is 56.8 Å². The van der Waals surface area contributed by atoms with Gasteiger partial charge in [-0.15, -0.1) is 0 Å². The van der Waals surface area contributed by atoms with Gasteiger partial charge in [-0.2, -0.15) is 0 Å². The minimum Gasteiger partial charge on any atom is -0.493 e. The smallest absolute Gasteiger partial charge is 0.262 e. The molecule has 0 spiro atoms. The number of methoxy groups -OCH3 is 1. The van der Waals surface area contributed by atoms with Gasteiger partial charge in [0.25, 0.3) is 5.91 Å². The minimum atomic E-state index is -0.251. The van der Waals surface area contributed by atoms with Gasteiger partial charge in [0, 0.05) is 5.69 Å². The van der Waals surface area contributed by atoms with E-state index in [1.54, 1.807) is 31.4 Å². The van der Waals surface area contributed by atoms with E-state index in [1.807, 2.05) is 54.6 Å². The summed E-state index contributed by atoms with van der Waals surface area (Å²) in [6.07, 6.45) is 0. The predicted molar refractivity (Wildman–Crippen MR) is 104 cm³/mol. The summed E-state index contributed by atoms with van der Waals surface area (Å²) in [7, 11) is 1.56. The van der Waals surface area contributed by atoms with Crippen molar-refractivity contribution in [3.8, 4) is 17.2 Å². The van der Waals surface area contributed by atoms with Gasteiger partial charge in [-0.3, -0.25) is 4.79 Å². The van der Waals surface area contributed by atoms with Crippen LogP contribution < -0.4 is 19.5 Å². The molecule has 5 nitrogen and oxygen atoms in total. The molecule has 0 saturated heterocycles. The molecule has 0 heterocycles. The number of anilines is 1. The molecule has 0 aliphatic heterocycles. The summed E-state index contributed by atoms with van der Waals surface area (Å²) >= 11 is 0. The normalized spacial score (nSPS) is 10.1. The van der Waals surface area contributed by atoms with Crippen LogP contribution in [0.2, 0.25) is 0 Å². The summed E-state index contributed by atoms with van der Waals surface area (Å²) in [5.41, 5.74) is 1.78. The molecule has 0 aromatic heterocycles. The average molecular weight is 363 g/mol. The number of amides is 1. The van der Waals surface area contributed by atoms with Crippen LogP contribution in [0.15, 0.2) is 78.9 Å². The van der Waals surface area contributed by atoms with E-state index in [9.17, 15) is 4.79 Å². The van der Waals surface area contributed by atoms with Crippen LogP contribution in [0.4, 0.5) is 5.69 Å². The van der Waals surface area contributed by atoms with Gasteiger partial charge in [0.15, 0.2) is 18.1 Å². The third kappa shape index (κ3) is 5.51. The molecule has 3 aromatic rings. The molecule has 0 atom stereocenters. The summed E-state index contributed by atoms with van der Waals surface area (Å²) in [5.74, 6) is 1.60. The maximum atomic E-state index is 12.1. The Bertz CT molecular complexity index is 863. The Kier molecular flexibility index (Phi) is 6.30. The van der Waals surface area contributed by atoms with Gasteiger partial charge in [-0.1, -0.05) is 42.5 Å². The maximum absolute atomic E-state index is 12.1. The molecule has 0 aliphatic rings. The van der Waals surface area contributed by atoms with E-state index in [4.69, 9.17) is 14.2 Å². The third-order valence-electron chi connectivity index (χ3n) is 3.81. The van der Waals surface area contributed by atoms with E-state index < -0.39 is 0 Å². The van der Waals surface area contributed by atoms with Crippen molar-refractivity contribution in [3.05, 3.63) is 84.4 Å². The molecule has 3 aromatic carbocycles. The second-order valence-electron chi connectivity index (χ2n) is 5.79. The summed E-state index contributed by atoms with van der Waals surface area (Å²) in [6, 6.07) is 24.4. The Balaban J connectivity index is 1.48. The number of carbonyl (C=O) groups excluding carboxylic acids is 1. The Hall–Kier alpha value is -3.47. The molecular weight excluding hydrogens is 342 g/mol. The zero-order valence-electron chi connectivity index (χ0n) is 15.1. The number of ether oxygens (including phenoxy) is 3. The van der Waals surface area contributed by atoms with Crippen molar-refractivity contribution in [2.24, 2.45) is 0 Å². The molecule has 3 rings (SSSR count). The van der Waals surface area contributed by atoms with Crippen molar-refractivity contribution >= 4 is 11.6 Å². The number of hydrogen-bond donors (Lipinski definition) is 1. The van der Waals surface area contributed by atoms with Gasteiger partial charge < -0.3 is 19.5 Å². The maximum Gasteiger partial charge on any atom is 0.262 e. The molecule has 1 N–H and O–H groups in total. The lowest BCUT2D eigenvalue weighted by atomic mass is 10.2. The SMILES string of the molecule is COc1ccccc1OCC(=O)Nc1ccc(OCc2ccccc2)cc1. The highest BCUT2D eigenvalue weighted by Gasteiger charge is 2.07. The molecule has 5 heteroatoms. The van der Waals surface area contributed by atoms with E-state index in [0.717, 1.165) is 11.3 Å². The number of benzene rings is 3. The molecule has 0 bridgehead atoms. The van der Waals surface area contributed by atoms with Crippen LogP contribution in [-0.2, 0) is 11.4 Å². The molecule has 0 aliphatic carbocycles. The fraction of sp³-hybridized carbons (Fsp3) is 0.136. The van der Waals surface area contributed by atoms with Crippen molar-refractivity contribution in [3.63, 3.8) is 0 Å². The first kappa shape index (κ1) is 18.3. The first-order chi connectivity index (χ1) is 13.2. The van der Waals surface area contributed by atoms with E-state index in [0.29, 0.717) is 23.8 Å². The first-order valence-electron chi connectivity index (χ1n) is 8.57. The van der Waals surface area contributed by atoms with E-state index >= 15 is 0 Å². The largest absolute Gasteiger partial charge is 0.493 e. The molecule has 27 heavy (non-hydrogen) atoms. The first-order valence-corrected chi connectivity index (χ1v) is 8.57. The number of hydrogen-bond acceptors (Lipinski definition) is 4. The highest BCUT2D eigenvalue weighted by Crippen LogP contribution is 2.25. The highest BCUT2D eigenvalue weighted by atomic mass is 16.5. The predicted octanol–water partition coefficient (Wildman–Crippen LogP) is 4.29. The molecule has 0 saturated carbocycles. The fourth-order valence-electron chi connectivity index (χ4n) is 2.45. The standard InChI is InChI=1S/C22H21NO4/c1-25-20-9-5-6-10-21(20)27-16-22(24)23-18-11-13-19(14-12-18)26-15-17-7-3-2-4-8-17/h2-14H,15-16H2,1H3,(H,23,24). The molecule has 0 radical (unpaired) electrons. The Labute approximate surface area is 158 Å². The summed E-state index contributed by atoms with van der Waals surface area (Å²) in [5, 5.41) is 2.79. The second-order valence-corrected chi connectivity index (χ2v) is 5.79. The Morgan fingerprint density at radius 1 is 0.815 bits per heavy atom. The minimum absolute atomic E-state index is 0.105. The third-order valence-corrected chi connectivity index (χ3v) is 3.81. The van der Waals surface area contributed by atoms with E-state index in [-0.39, 0.29) is 12.5 Å². The monoisotopic (exact) mass is 363 g/mol. The Morgan fingerprint density at radius 3 is 2.19 bits per heavy atom. The van der Waals surface area contributed by atoms with Crippen molar-refractivity contribution in [1.82, 2.24) is 0 Å². The Morgan fingerprint density at radius 2 is 1.48 bits per heavy atom. The van der Waals surface area contributed by atoms with Gasteiger partial charge in [0.2, 0.25) is 0 Å². The van der Waals surface area contributed by atoms with Crippen molar-refractivity contribution in [1.29, 1.82) is 0 Å². The molecule has 1 amide bonds. The van der Waals surface area contributed by atoms with Crippen LogP contribution in [-0.4, -0.2) is 19.6 Å². The van der Waals surface area contributed by atoms with Crippen LogP contribution in [0.25, 0.3) is 0 Å². The number of para-hydroxylation sites is 2. The lowest BCUT2D eigenvalue weighted by Crippen LogP contribution is -2.20. The van der Waals surface area contributed by atoms with Gasteiger partial charge >= 0.3 is 0 Å². The number of rotatable bonds is 8. The summed E-state index contributed by atoms with van der Waals surface area (Å²) in [6.45, 7) is 0.395. The average Bonchev–Trinajstić information content (AvgIpc) is 2.72. The fourth-order valence-corrected chi connectivity index (χ4v) is 2.45. The lowest BCUT2D eigenvalue weighted by Gasteiger charge is -2.11. The van der Waals surface area contributed by atoms with Crippen LogP contribution in [0.3, 0.4) is 0 Å². The van der Waals surface area contributed by atoms with Gasteiger partial charge in [0.05, 0.1) is 7.11 Å². The van der Waals surface area contributed by atoms with Crippen LogP contribution >= 0.6 is 0 Å². The second kappa shape index (κ2) is 9.29. The van der Waals surface area contributed by atoms with Crippen molar-refractivity contribution in [2.45, 2.75) is 6.61 Å². The quantitative estimate of drug-likeness (QED) is 0.649. The molecule has 138 valence electrons. The summed E-state index contributed by atoms with van der Waals surface area (Å²) < 4.78 is 16.4. The number of nitrogens with one attached hydrogen (secondary N) is 1. The van der Waals surface area contributed by atoms with Crippen LogP contribution in [0, 0.1) is 0 Å². The molecule has 0 fully saturated rings. The van der Waals surface area contributed by atoms with Crippen molar-refractivity contribution in [2.75, 3.05) is 19.0 Å². The van der Waals surface area contributed by atoms with Gasteiger partial charge in [0.1, 0.15) is 12.4 Å². The zero-order valence-corrected chi connectivity index (χ0v) is 15.1. The summed E-state index contributed by atoms with van der Waals surface area (Å²) in [4.78, 5) is 12.1. The zero-order chi connectivity index (χ0) is 18.9. The van der Waals surface area contributed by atoms with Crippen molar-refractivity contribution < 1.29 is 19.0 Å².